The summed E-state index contributed by atoms with van der Waals surface area (Å²) in [6.45, 7) is 0.548. The molecule has 0 saturated heterocycles. The quantitative estimate of drug-likeness (QED) is 0.820. The number of amides is 1. The minimum atomic E-state index is -0.845. The minimum Gasteiger partial charge on any atom is -0.481 e. The molecule has 4 nitrogen and oxygen atoms in total. The molecule has 0 spiro atoms. The predicted molar refractivity (Wildman–Crippen MR) is 83.1 cm³/mol. The molecule has 1 aromatic rings. The van der Waals surface area contributed by atoms with Crippen LogP contribution in [0.25, 0.3) is 0 Å². The Bertz CT molecular complexity index is 581. The summed E-state index contributed by atoms with van der Waals surface area (Å²) in [5, 5.41) is 12.4. The Kier molecular flexibility index (Phi) is 4.27. The summed E-state index contributed by atoms with van der Waals surface area (Å²) >= 11 is 0. The van der Waals surface area contributed by atoms with Crippen LogP contribution in [0.1, 0.15) is 18.4 Å². The van der Waals surface area contributed by atoms with E-state index in [1.54, 1.807) is 0 Å². The number of hydrogen-bond acceptors (Lipinski definition) is 2. The van der Waals surface area contributed by atoms with Gasteiger partial charge in [-0.15, -0.1) is 0 Å². The van der Waals surface area contributed by atoms with Gasteiger partial charge in [0.25, 0.3) is 0 Å². The van der Waals surface area contributed by atoms with E-state index in [1.807, 2.05) is 42.5 Å². The maximum atomic E-state index is 12.5. The Morgan fingerprint density at radius 2 is 1.68 bits per heavy atom. The number of benzene rings is 1. The van der Waals surface area contributed by atoms with E-state index in [0.29, 0.717) is 6.54 Å². The number of carboxylic acid groups (broad SMARTS) is 1. The maximum Gasteiger partial charge on any atom is 0.307 e. The monoisotopic (exact) mass is 299 g/mol. The van der Waals surface area contributed by atoms with Crippen molar-refractivity contribution in [3.8, 4) is 0 Å². The van der Waals surface area contributed by atoms with Crippen molar-refractivity contribution in [1.82, 2.24) is 5.32 Å². The average molecular weight is 299 g/mol. The molecule has 4 atom stereocenters. The first-order valence-electron chi connectivity index (χ1n) is 7.89. The Hall–Kier alpha value is -2.10. The predicted octanol–water partition coefficient (Wildman–Crippen LogP) is 2.26. The van der Waals surface area contributed by atoms with Crippen LogP contribution in [0, 0.1) is 23.7 Å². The van der Waals surface area contributed by atoms with Crippen LogP contribution in [0.4, 0.5) is 0 Å². The van der Waals surface area contributed by atoms with E-state index in [4.69, 9.17) is 0 Å². The van der Waals surface area contributed by atoms with Gasteiger partial charge in [0.15, 0.2) is 0 Å². The number of carboxylic acids is 1. The summed E-state index contributed by atoms with van der Waals surface area (Å²) in [5.41, 5.74) is 1.17. The molecule has 2 N–H and O–H groups in total. The lowest BCUT2D eigenvalue weighted by Crippen LogP contribution is -2.49. The number of fused-ring (bicyclic) bond motifs is 2. The fourth-order valence-electron chi connectivity index (χ4n) is 3.78. The van der Waals surface area contributed by atoms with Gasteiger partial charge in [0.1, 0.15) is 0 Å². The second-order valence-electron chi connectivity index (χ2n) is 6.21. The van der Waals surface area contributed by atoms with Gasteiger partial charge in [-0.2, -0.15) is 0 Å². The number of carbonyl (C=O) groups excluding carboxylic acids is 1. The lowest BCUT2D eigenvalue weighted by Gasteiger charge is -2.41. The first-order valence-corrected chi connectivity index (χ1v) is 7.89. The molecule has 1 amide bonds. The Balaban J connectivity index is 1.61. The van der Waals surface area contributed by atoms with Gasteiger partial charge < -0.3 is 10.4 Å². The summed E-state index contributed by atoms with van der Waals surface area (Å²) in [4.78, 5) is 24.0. The van der Waals surface area contributed by atoms with E-state index < -0.39 is 17.8 Å². The molecule has 2 bridgehead atoms. The number of rotatable bonds is 5. The first-order chi connectivity index (χ1) is 10.7. The third-order valence-electron chi connectivity index (χ3n) is 4.89. The van der Waals surface area contributed by atoms with Gasteiger partial charge in [-0.25, -0.2) is 0 Å². The van der Waals surface area contributed by atoms with Crippen molar-refractivity contribution < 1.29 is 14.7 Å². The molecular formula is C18H21NO3. The van der Waals surface area contributed by atoms with Crippen LogP contribution >= 0.6 is 0 Å². The highest BCUT2D eigenvalue weighted by atomic mass is 16.4. The van der Waals surface area contributed by atoms with Gasteiger partial charge in [0, 0.05) is 6.54 Å². The molecule has 1 fully saturated rings. The fourth-order valence-corrected chi connectivity index (χ4v) is 3.78. The molecule has 0 aliphatic heterocycles. The summed E-state index contributed by atoms with van der Waals surface area (Å²) in [6, 6.07) is 9.96. The van der Waals surface area contributed by atoms with E-state index in [9.17, 15) is 14.7 Å². The number of nitrogens with one attached hydrogen (secondary N) is 1. The number of allylic oxidation sites excluding steroid dienone is 2. The summed E-state index contributed by atoms with van der Waals surface area (Å²) in [5.74, 6) is -1.86. The molecule has 1 aromatic carbocycles. The van der Waals surface area contributed by atoms with Crippen LogP contribution in [0.15, 0.2) is 42.5 Å². The Labute approximate surface area is 130 Å². The highest BCUT2D eigenvalue weighted by Crippen LogP contribution is 2.44. The lowest BCUT2D eigenvalue weighted by molar-refractivity contribution is -0.152. The standard InChI is InChI=1S/C18H21NO3/c20-17(19-11-10-12-4-2-1-3-5-12)15-13-6-8-14(9-7-13)16(15)18(21)22/h1-6,8,13-16H,7,9-11H2,(H,19,20)(H,21,22)/t13-,14+,15+,16-/m1/s1. The molecule has 3 aliphatic carbocycles. The zero-order valence-electron chi connectivity index (χ0n) is 12.4. The van der Waals surface area contributed by atoms with Gasteiger partial charge in [0.2, 0.25) is 5.91 Å². The zero-order chi connectivity index (χ0) is 15.5. The molecule has 0 aromatic heterocycles. The SMILES string of the molecule is O=C(NCCc1ccccc1)[C@@H]1[C@H](C(=O)O)[C@H]2C=C[C@@H]1CC2. The molecule has 1 saturated carbocycles. The van der Waals surface area contributed by atoms with Gasteiger partial charge >= 0.3 is 5.97 Å². The van der Waals surface area contributed by atoms with Gasteiger partial charge in [-0.05, 0) is 36.7 Å². The van der Waals surface area contributed by atoms with Crippen molar-refractivity contribution in [2.45, 2.75) is 19.3 Å². The molecule has 0 radical (unpaired) electrons. The molecule has 0 unspecified atom stereocenters. The normalized spacial score (nSPS) is 29.3. The fraction of sp³-hybridized carbons (Fsp3) is 0.444. The van der Waals surface area contributed by atoms with Crippen LogP contribution < -0.4 is 5.32 Å². The molecule has 4 rings (SSSR count). The van der Waals surface area contributed by atoms with Gasteiger partial charge in [-0.1, -0.05) is 42.5 Å². The molecule has 116 valence electrons. The Morgan fingerprint density at radius 1 is 1.05 bits per heavy atom. The van der Waals surface area contributed by atoms with Gasteiger partial charge in [0.05, 0.1) is 11.8 Å². The molecule has 3 aliphatic rings. The van der Waals surface area contributed by atoms with Crippen molar-refractivity contribution in [3.05, 3.63) is 48.0 Å². The van der Waals surface area contributed by atoms with Crippen LogP contribution in [0.3, 0.4) is 0 Å². The van der Waals surface area contributed by atoms with E-state index >= 15 is 0 Å². The number of hydrogen-bond donors (Lipinski definition) is 2. The van der Waals surface area contributed by atoms with Crippen molar-refractivity contribution in [2.24, 2.45) is 23.7 Å². The highest BCUT2D eigenvalue weighted by molar-refractivity contribution is 5.86. The zero-order valence-corrected chi connectivity index (χ0v) is 12.4. The third kappa shape index (κ3) is 2.91. The number of carbonyl (C=O) groups is 2. The van der Waals surface area contributed by atoms with E-state index in [1.165, 1.54) is 5.56 Å². The largest absolute Gasteiger partial charge is 0.481 e. The molecule has 4 heteroatoms. The van der Waals surface area contributed by atoms with E-state index in [-0.39, 0.29) is 17.7 Å². The molecule has 0 heterocycles. The average Bonchev–Trinajstić information content (AvgIpc) is 2.55. The minimum absolute atomic E-state index is 0.00683. The van der Waals surface area contributed by atoms with Crippen molar-refractivity contribution in [1.29, 1.82) is 0 Å². The first kappa shape index (κ1) is 14.8. The van der Waals surface area contributed by atoms with Crippen LogP contribution in [0.5, 0.6) is 0 Å². The van der Waals surface area contributed by atoms with Crippen molar-refractivity contribution >= 4 is 11.9 Å². The van der Waals surface area contributed by atoms with E-state index in [2.05, 4.69) is 5.32 Å². The van der Waals surface area contributed by atoms with E-state index in [0.717, 1.165) is 19.3 Å². The molecular weight excluding hydrogens is 278 g/mol. The van der Waals surface area contributed by atoms with Crippen LogP contribution in [-0.4, -0.2) is 23.5 Å². The highest BCUT2D eigenvalue weighted by Gasteiger charge is 2.47. The topological polar surface area (TPSA) is 66.4 Å². The smallest absolute Gasteiger partial charge is 0.307 e. The van der Waals surface area contributed by atoms with Crippen LogP contribution in [-0.2, 0) is 16.0 Å². The summed E-state index contributed by atoms with van der Waals surface area (Å²) < 4.78 is 0. The van der Waals surface area contributed by atoms with Crippen LogP contribution in [0.2, 0.25) is 0 Å². The van der Waals surface area contributed by atoms with Gasteiger partial charge in [-0.3, -0.25) is 9.59 Å². The third-order valence-corrected chi connectivity index (χ3v) is 4.89. The lowest BCUT2D eigenvalue weighted by atomic mass is 9.62. The maximum absolute atomic E-state index is 12.5. The van der Waals surface area contributed by atoms with Crippen molar-refractivity contribution in [2.75, 3.05) is 6.54 Å². The summed E-state index contributed by atoms with van der Waals surface area (Å²) in [7, 11) is 0. The second kappa shape index (κ2) is 6.34. The summed E-state index contributed by atoms with van der Waals surface area (Å²) in [6.07, 6.45) is 6.59. The number of aliphatic carboxylic acids is 1. The second-order valence-corrected chi connectivity index (χ2v) is 6.21. The molecule has 22 heavy (non-hydrogen) atoms. The Morgan fingerprint density at radius 3 is 2.27 bits per heavy atom. The van der Waals surface area contributed by atoms with Crippen molar-refractivity contribution in [3.63, 3.8) is 0 Å².